The number of aliphatic hydroxyl groups is 1. The number of nitrogen functional groups attached to an aromatic ring is 1. The average molecular weight is 415 g/mol. The van der Waals surface area contributed by atoms with Gasteiger partial charge in [-0.3, -0.25) is 4.79 Å². The number of unbranched alkanes of at least 4 members (excludes halogenated alkanes) is 1. The van der Waals surface area contributed by atoms with Crippen molar-refractivity contribution in [2.75, 3.05) is 24.3 Å². The number of aromatic nitrogens is 2. The zero-order chi connectivity index (χ0) is 21.9. The van der Waals surface area contributed by atoms with Crippen LogP contribution in [0.3, 0.4) is 0 Å². The standard InChI is InChI=1S/C23H34N4O3/c1-4-19(8-6-7-13-28)26-22-20(16(3)25-23(24)27-22)14-17-9-11-18(12-10-17)15-21(29)30-5-2/h9-12,19,28H,4-8,13-15H2,1-3H3,(H3,24,25,26,27). The summed E-state index contributed by atoms with van der Waals surface area (Å²) in [6.07, 6.45) is 4.61. The Balaban J connectivity index is 2.15. The monoisotopic (exact) mass is 414 g/mol. The van der Waals surface area contributed by atoms with Gasteiger partial charge in [0.05, 0.1) is 13.0 Å². The summed E-state index contributed by atoms with van der Waals surface area (Å²) < 4.78 is 5.01. The Morgan fingerprint density at radius 1 is 1.17 bits per heavy atom. The number of nitrogens with two attached hydrogens (primary N) is 1. The van der Waals surface area contributed by atoms with E-state index in [-0.39, 0.29) is 31.0 Å². The van der Waals surface area contributed by atoms with Crippen molar-refractivity contribution in [3.8, 4) is 0 Å². The minimum absolute atomic E-state index is 0.216. The molecular weight excluding hydrogens is 380 g/mol. The van der Waals surface area contributed by atoms with Crippen LogP contribution in [0.2, 0.25) is 0 Å². The number of carbonyl (C=O) groups is 1. The minimum Gasteiger partial charge on any atom is -0.466 e. The molecule has 1 atom stereocenters. The van der Waals surface area contributed by atoms with E-state index < -0.39 is 0 Å². The molecule has 0 radical (unpaired) electrons. The third-order valence-electron chi connectivity index (χ3n) is 5.08. The van der Waals surface area contributed by atoms with E-state index in [1.807, 2.05) is 31.2 Å². The number of nitrogens with one attached hydrogen (secondary N) is 1. The summed E-state index contributed by atoms with van der Waals surface area (Å²) in [6.45, 7) is 6.49. The molecule has 0 bridgehead atoms. The van der Waals surface area contributed by atoms with Gasteiger partial charge in [-0.15, -0.1) is 0 Å². The van der Waals surface area contributed by atoms with Crippen molar-refractivity contribution in [2.45, 2.75) is 65.3 Å². The van der Waals surface area contributed by atoms with Crippen molar-refractivity contribution in [3.05, 3.63) is 46.6 Å². The third kappa shape index (κ3) is 7.30. The molecule has 2 rings (SSSR count). The second kappa shape index (κ2) is 12.1. The van der Waals surface area contributed by atoms with Gasteiger partial charge < -0.3 is 20.9 Å². The van der Waals surface area contributed by atoms with Gasteiger partial charge in [-0.05, 0) is 50.7 Å². The molecule has 1 aromatic heterocycles. The Morgan fingerprint density at radius 3 is 2.50 bits per heavy atom. The first kappa shape index (κ1) is 23.6. The number of nitrogens with zero attached hydrogens (tertiary/aromatic N) is 2. The second-order valence-electron chi connectivity index (χ2n) is 7.44. The molecule has 7 heteroatoms. The van der Waals surface area contributed by atoms with Crippen molar-refractivity contribution < 1.29 is 14.6 Å². The van der Waals surface area contributed by atoms with Crippen LogP contribution in [-0.4, -0.2) is 40.3 Å². The number of aryl methyl sites for hydroxylation is 1. The number of hydrogen-bond donors (Lipinski definition) is 3. The van der Waals surface area contributed by atoms with E-state index in [9.17, 15) is 4.79 Å². The third-order valence-corrected chi connectivity index (χ3v) is 5.08. The molecule has 4 N–H and O–H groups in total. The van der Waals surface area contributed by atoms with E-state index in [2.05, 4.69) is 22.2 Å². The molecule has 0 spiro atoms. The number of aliphatic hydroxyl groups excluding tert-OH is 1. The SMILES string of the molecule is CCOC(=O)Cc1ccc(Cc2c(C)nc(N)nc2NC(CC)CCCCO)cc1. The first-order valence-electron chi connectivity index (χ1n) is 10.7. The highest BCUT2D eigenvalue weighted by Crippen LogP contribution is 2.24. The van der Waals surface area contributed by atoms with Crippen LogP contribution in [0, 0.1) is 6.92 Å². The number of carbonyl (C=O) groups excluding carboxylic acids is 1. The maximum atomic E-state index is 11.7. The summed E-state index contributed by atoms with van der Waals surface area (Å²) in [5, 5.41) is 12.6. The van der Waals surface area contributed by atoms with Gasteiger partial charge in [0.15, 0.2) is 0 Å². The van der Waals surface area contributed by atoms with Crippen molar-refractivity contribution in [1.82, 2.24) is 9.97 Å². The number of benzene rings is 1. The lowest BCUT2D eigenvalue weighted by Gasteiger charge is -2.21. The fourth-order valence-electron chi connectivity index (χ4n) is 3.38. The number of hydrogen-bond acceptors (Lipinski definition) is 7. The molecule has 0 amide bonds. The van der Waals surface area contributed by atoms with Gasteiger partial charge in [-0.2, -0.15) is 4.98 Å². The zero-order valence-corrected chi connectivity index (χ0v) is 18.3. The maximum absolute atomic E-state index is 11.7. The summed E-state index contributed by atoms with van der Waals surface area (Å²) >= 11 is 0. The summed E-state index contributed by atoms with van der Waals surface area (Å²) in [6, 6.07) is 8.21. The number of esters is 1. The first-order valence-corrected chi connectivity index (χ1v) is 10.7. The Hall–Kier alpha value is -2.67. The number of rotatable bonds is 12. The van der Waals surface area contributed by atoms with Gasteiger partial charge >= 0.3 is 5.97 Å². The first-order chi connectivity index (χ1) is 14.5. The predicted molar refractivity (Wildman–Crippen MR) is 119 cm³/mol. The molecule has 0 fully saturated rings. The average Bonchev–Trinajstić information content (AvgIpc) is 2.71. The summed E-state index contributed by atoms with van der Waals surface area (Å²) in [5.74, 6) is 0.812. The zero-order valence-electron chi connectivity index (χ0n) is 18.3. The smallest absolute Gasteiger partial charge is 0.310 e. The van der Waals surface area contributed by atoms with E-state index in [1.165, 1.54) is 0 Å². The van der Waals surface area contributed by atoms with Crippen LogP contribution in [0.15, 0.2) is 24.3 Å². The normalized spacial score (nSPS) is 11.9. The van der Waals surface area contributed by atoms with Gasteiger partial charge in [0, 0.05) is 30.3 Å². The lowest BCUT2D eigenvalue weighted by molar-refractivity contribution is -0.142. The summed E-state index contributed by atoms with van der Waals surface area (Å²) in [4.78, 5) is 20.5. The van der Waals surface area contributed by atoms with E-state index in [0.29, 0.717) is 13.0 Å². The highest BCUT2D eigenvalue weighted by molar-refractivity contribution is 5.72. The molecule has 0 aliphatic rings. The largest absolute Gasteiger partial charge is 0.466 e. The molecule has 1 unspecified atom stereocenters. The number of ether oxygens (including phenoxy) is 1. The molecule has 164 valence electrons. The summed E-state index contributed by atoms with van der Waals surface area (Å²) in [5.41, 5.74) is 9.82. The van der Waals surface area contributed by atoms with Crippen molar-refractivity contribution in [2.24, 2.45) is 0 Å². The van der Waals surface area contributed by atoms with E-state index in [4.69, 9.17) is 15.6 Å². The summed E-state index contributed by atoms with van der Waals surface area (Å²) in [7, 11) is 0. The molecule has 30 heavy (non-hydrogen) atoms. The maximum Gasteiger partial charge on any atom is 0.310 e. The molecule has 7 nitrogen and oxygen atoms in total. The lowest BCUT2D eigenvalue weighted by atomic mass is 10.0. The molecule has 0 aliphatic heterocycles. The molecule has 0 saturated carbocycles. The van der Waals surface area contributed by atoms with Crippen LogP contribution in [0.5, 0.6) is 0 Å². The number of anilines is 2. The molecule has 2 aromatic rings. The fraction of sp³-hybridized carbons (Fsp3) is 0.522. The molecule has 0 saturated heterocycles. The van der Waals surface area contributed by atoms with Crippen LogP contribution in [0.4, 0.5) is 11.8 Å². The fourth-order valence-corrected chi connectivity index (χ4v) is 3.38. The molecule has 1 aromatic carbocycles. The minimum atomic E-state index is -0.216. The Kier molecular flexibility index (Phi) is 9.54. The topological polar surface area (TPSA) is 110 Å². The van der Waals surface area contributed by atoms with Gasteiger partial charge in [-0.25, -0.2) is 4.98 Å². The van der Waals surface area contributed by atoms with E-state index >= 15 is 0 Å². The van der Waals surface area contributed by atoms with Crippen LogP contribution < -0.4 is 11.1 Å². The van der Waals surface area contributed by atoms with E-state index in [0.717, 1.165) is 53.9 Å². The van der Waals surface area contributed by atoms with Crippen LogP contribution in [0.25, 0.3) is 0 Å². The van der Waals surface area contributed by atoms with Crippen LogP contribution >= 0.6 is 0 Å². The highest BCUT2D eigenvalue weighted by Gasteiger charge is 2.15. The van der Waals surface area contributed by atoms with Gasteiger partial charge in [0.25, 0.3) is 0 Å². The highest BCUT2D eigenvalue weighted by atomic mass is 16.5. The molecular formula is C23H34N4O3. The van der Waals surface area contributed by atoms with Crippen molar-refractivity contribution in [3.63, 3.8) is 0 Å². The second-order valence-corrected chi connectivity index (χ2v) is 7.44. The van der Waals surface area contributed by atoms with Gasteiger partial charge in [0.2, 0.25) is 5.95 Å². The van der Waals surface area contributed by atoms with Crippen LogP contribution in [-0.2, 0) is 22.4 Å². The molecule has 1 heterocycles. The van der Waals surface area contributed by atoms with E-state index in [1.54, 1.807) is 6.92 Å². The van der Waals surface area contributed by atoms with Gasteiger partial charge in [-0.1, -0.05) is 31.2 Å². The van der Waals surface area contributed by atoms with Crippen molar-refractivity contribution >= 4 is 17.7 Å². The quantitative estimate of drug-likeness (QED) is 0.360. The predicted octanol–water partition coefficient (Wildman–Crippen LogP) is 3.42. The Morgan fingerprint density at radius 2 is 1.87 bits per heavy atom. The lowest BCUT2D eigenvalue weighted by Crippen LogP contribution is -2.21. The molecule has 0 aliphatic carbocycles. The Bertz CT molecular complexity index is 809. The Labute approximate surface area is 179 Å². The van der Waals surface area contributed by atoms with Crippen molar-refractivity contribution in [1.29, 1.82) is 0 Å². The van der Waals surface area contributed by atoms with Crippen LogP contribution in [0.1, 0.15) is 61.9 Å². The van der Waals surface area contributed by atoms with Gasteiger partial charge in [0.1, 0.15) is 5.82 Å².